The summed E-state index contributed by atoms with van der Waals surface area (Å²) in [6.07, 6.45) is 3.14. The number of nitrogens with one attached hydrogen (secondary N) is 1. The van der Waals surface area contributed by atoms with Crippen molar-refractivity contribution >= 4 is 11.9 Å². The Labute approximate surface area is 149 Å². The number of benzene rings is 1. The van der Waals surface area contributed by atoms with Gasteiger partial charge in [-0.2, -0.15) is 0 Å². The molecule has 138 valence electrons. The van der Waals surface area contributed by atoms with Crippen molar-refractivity contribution in [3.8, 4) is 0 Å². The highest BCUT2D eigenvalue weighted by molar-refractivity contribution is 5.77. The molecule has 1 saturated heterocycles. The first kappa shape index (κ1) is 19.4. The Hall–Kier alpha value is -1.88. The number of carbonyl (C=O) groups is 2. The van der Waals surface area contributed by atoms with E-state index >= 15 is 0 Å². The number of rotatable bonds is 7. The van der Waals surface area contributed by atoms with E-state index in [1.165, 1.54) is 5.56 Å². The molecule has 25 heavy (non-hydrogen) atoms. The fourth-order valence-corrected chi connectivity index (χ4v) is 3.07. The van der Waals surface area contributed by atoms with Crippen LogP contribution in [0.3, 0.4) is 0 Å². The summed E-state index contributed by atoms with van der Waals surface area (Å²) in [6.45, 7) is 7.16. The molecule has 1 amide bonds. The third-order valence-corrected chi connectivity index (χ3v) is 4.61. The van der Waals surface area contributed by atoms with Gasteiger partial charge >= 0.3 is 5.97 Å². The Morgan fingerprint density at radius 3 is 2.48 bits per heavy atom. The molecule has 2 unspecified atom stereocenters. The van der Waals surface area contributed by atoms with Crippen LogP contribution < -0.4 is 5.32 Å². The zero-order valence-electron chi connectivity index (χ0n) is 15.4. The van der Waals surface area contributed by atoms with Gasteiger partial charge in [-0.3, -0.25) is 9.59 Å². The fraction of sp³-hybridized carbons (Fsp3) is 0.600. The zero-order valence-corrected chi connectivity index (χ0v) is 15.4. The molecule has 1 aliphatic heterocycles. The molecule has 1 fully saturated rings. The normalized spacial score (nSPS) is 18.8. The Balaban J connectivity index is 1.99. The molecule has 1 aromatic rings. The lowest BCUT2D eigenvalue weighted by atomic mass is 9.86. The summed E-state index contributed by atoms with van der Waals surface area (Å²) in [4.78, 5) is 23.4. The molecule has 2 N–H and O–H groups in total. The summed E-state index contributed by atoms with van der Waals surface area (Å²) >= 11 is 0. The average Bonchev–Trinajstić information content (AvgIpc) is 3.04. The molecular weight excluding hydrogens is 318 g/mol. The van der Waals surface area contributed by atoms with E-state index in [4.69, 9.17) is 4.74 Å². The van der Waals surface area contributed by atoms with Gasteiger partial charge in [-0.15, -0.1) is 0 Å². The number of amides is 1. The van der Waals surface area contributed by atoms with Gasteiger partial charge in [-0.05, 0) is 35.8 Å². The molecule has 0 aromatic heterocycles. The molecule has 0 spiro atoms. The molecule has 5 heteroatoms. The molecule has 2 rings (SSSR count). The quantitative estimate of drug-likeness (QED) is 0.790. The van der Waals surface area contributed by atoms with Crippen molar-refractivity contribution in [1.29, 1.82) is 0 Å². The first-order valence-electron chi connectivity index (χ1n) is 8.99. The lowest BCUT2D eigenvalue weighted by molar-refractivity contribution is -0.137. The van der Waals surface area contributed by atoms with Crippen LogP contribution in [0.5, 0.6) is 0 Å². The first-order valence-corrected chi connectivity index (χ1v) is 8.99. The maximum atomic E-state index is 12.2. The highest BCUT2D eigenvalue weighted by atomic mass is 16.5. The molecule has 0 radical (unpaired) electrons. The number of carboxylic acid groups (broad SMARTS) is 1. The summed E-state index contributed by atoms with van der Waals surface area (Å²) in [5.41, 5.74) is 2.03. The van der Waals surface area contributed by atoms with Gasteiger partial charge < -0.3 is 15.2 Å². The SMILES string of the molecule is CC(C)(C)c1ccc(C(CC(=O)O)NC(=O)CCC2CCCO2)cc1. The smallest absolute Gasteiger partial charge is 0.305 e. The van der Waals surface area contributed by atoms with E-state index in [1.807, 2.05) is 24.3 Å². The predicted molar refractivity (Wildman–Crippen MR) is 96.5 cm³/mol. The van der Waals surface area contributed by atoms with Crippen molar-refractivity contribution in [3.05, 3.63) is 35.4 Å². The maximum absolute atomic E-state index is 12.2. The second-order valence-electron chi connectivity index (χ2n) is 7.76. The minimum absolute atomic E-state index is 0.0331. The summed E-state index contributed by atoms with van der Waals surface area (Å²) < 4.78 is 5.53. The first-order chi connectivity index (χ1) is 11.8. The van der Waals surface area contributed by atoms with E-state index < -0.39 is 12.0 Å². The Kier molecular flexibility index (Phi) is 6.59. The third-order valence-electron chi connectivity index (χ3n) is 4.61. The van der Waals surface area contributed by atoms with Crippen LogP contribution in [0.15, 0.2) is 24.3 Å². The molecular formula is C20H29NO4. The summed E-state index contributed by atoms with van der Waals surface area (Å²) in [6, 6.07) is 7.32. The van der Waals surface area contributed by atoms with Gasteiger partial charge in [0.15, 0.2) is 0 Å². The van der Waals surface area contributed by atoms with E-state index in [0.29, 0.717) is 12.8 Å². The van der Waals surface area contributed by atoms with E-state index in [2.05, 4.69) is 26.1 Å². The van der Waals surface area contributed by atoms with Crippen LogP contribution in [0.4, 0.5) is 0 Å². The molecule has 5 nitrogen and oxygen atoms in total. The highest BCUT2D eigenvalue weighted by Gasteiger charge is 2.21. The van der Waals surface area contributed by atoms with Crippen LogP contribution in [0.1, 0.15) is 70.0 Å². The van der Waals surface area contributed by atoms with Crippen LogP contribution in [-0.4, -0.2) is 29.7 Å². The Morgan fingerprint density at radius 1 is 1.28 bits per heavy atom. The van der Waals surface area contributed by atoms with Crippen LogP contribution in [0.25, 0.3) is 0 Å². The monoisotopic (exact) mass is 347 g/mol. The Bertz CT molecular complexity index is 583. The van der Waals surface area contributed by atoms with Gasteiger partial charge in [-0.1, -0.05) is 45.0 Å². The van der Waals surface area contributed by atoms with Crippen molar-refractivity contribution in [2.24, 2.45) is 0 Å². The molecule has 0 bridgehead atoms. The second kappa shape index (κ2) is 8.48. The lowest BCUT2D eigenvalue weighted by Gasteiger charge is -2.22. The van der Waals surface area contributed by atoms with Crippen molar-refractivity contribution in [3.63, 3.8) is 0 Å². The predicted octanol–water partition coefficient (Wildman–Crippen LogP) is 3.58. The minimum atomic E-state index is -0.927. The molecule has 1 aromatic carbocycles. The largest absolute Gasteiger partial charge is 0.481 e. The second-order valence-corrected chi connectivity index (χ2v) is 7.76. The van der Waals surface area contributed by atoms with Gasteiger partial charge in [0.05, 0.1) is 18.6 Å². The van der Waals surface area contributed by atoms with Gasteiger partial charge in [0.2, 0.25) is 5.91 Å². The lowest BCUT2D eigenvalue weighted by Crippen LogP contribution is -2.30. The van der Waals surface area contributed by atoms with E-state index in [0.717, 1.165) is 25.0 Å². The molecule has 2 atom stereocenters. The average molecular weight is 347 g/mol. The fourth-order valence-electron chi connectivity index (χ4n) is 3.07. The van der Waals surface area contributed by atoms with Crippen molar-refractivity contribution < 1.29 is 19.4 Å². The van der Waals surface area contributed by atoms with Gasteiger partial charge in [0.25, 0.3) is 0 Å². The molecule has 0 aliphatic carbocycles. The highest BCUT2D eigenvalue weighted by Crippen LogP contribution is 2.25. The van der Waals surface area contributed by atoms with Crippen LogP contribution in [0.2, 0.25) is 0 Å². The number of ether oxygens (including phenoxy) is 1. The standard InChI is InChI=1S/C20H29NO4/c1-20(2,3)15-8-6-14(7-9-15)17(13-19(23)24)21-18(22)11-10-16-5-4-12-25-16/h6-9,16-17H,4-5,10-13H2,1-3H3,(H,21,22)(H,23,24). The molecule has 0 saturated carbocycles. The molecule has 1 aliphatic rings. The number of hydrogen-bond acceptors (Lipinski definition) is 3. The summed E-state index contributed by atoms with van der Waals surface area (Å²) in [5, 5.41) is 12.0. The van der Waals surface area contributed by atoms with Crippen LogP contribution in [-0.2, 0) is 19.7 Å². The molecule has 1 heterocycles. The van der Waals surface area contributed by atoms with Crippen molar-refractivity contribution in [1.82, 2.24) is 5.32 Å². The maximum Gasteiger partial charge on any atom is 0.305 e. The number of aliphatic carboxylic acids is 1. The summed E-state index contributed by atoms with van der Waals surface area (Å²) in [7, 11) is 0. The number of carboxylic acids is 1. The van der Waals surface area contributed by atoms with Gasteiger partial charge in [0.1, 0.15) is 0 Å². The van der Waals surface area contributed by atoms with Crippen molar-refractivity contribution in [2.75, 3.05) is 6.61 Å². The number of carbonyl (C=O) groups excluding carboxylic acids is 1. The van der Waals surface area contributed by atoms with Crippen LogP contribution in [0, 0.1) is 0 Å². The van der Waals surface area contributed by atoms with Crippen LogP contribution >= 0.6 is 0 Å². The van der Waals surface area contributed by atoms with E-state index in [-0.39, 0.29) is 23.8 Å². The minimum Gasteiger partial charge on any atom is -0.481 e. The summed E-state index contributed by atoms with van der Waals surface area (Å²) in [5.74, 6) is -1.05. The third kappa shape index (κ3) is 6.16. The van der Waals surface area contributed by atoms with E-state index in [1.54, 1.807) is 0 Å². The number of hydrogen-bond donors (Lipinski definition) is 2. The topological polar surface area (TPSA) is 75.6 Å². The zero-order chi connectivity index (χ0) is 18.4. The van der Waals surface area contributed by atoms with E-state index in [9.17, 15) is 14.7 Å². The van der Waals surface area contributed by atoms with Gasteiger partial charge in [0, 0.05) is 13.0 Å². The van der Waals surface area contributed by atoms with Gasteiger partial charge in [-0.25, -0.2) is 0 Å². The van der Waals surface area contributed by atoms with Crippen molar-refractivity contribution in [2.45, 2.75) is 70.4 Å². The Morgan fingerprint density at radius 2 is 1.96 bits per heavy atom.